The number of aryl methyl sites for hydroxylation is 1. The van der Waals surface area contributed by atoms with Gasteiger partial charge in [0.05, 0.1) is 12.2 Å². The zero-order valence-electron chi connectivity index (χ0n) is 16.8. The molecule has 7 nitrogen and oxygen atoms in total. The van der Waals surface area contributed by atoms with Crippen LogP contribution in [0.1, 0.15) is 28.9 Å². The molecule has 0 atom stereocenters. The molecule has 1 fully saturated rings. The highest BCUT2D eigenvalue weighted by atomic mass is 35.5. The van der Waals surface area contributed by atoms with Crippen LogP contribution < -0.4 is 5.73 Å². The lowest BCUT2D eigenvalue weighted by molar-refractivity contribution is -0.125. The number of hydrogen-bond donors (Lipinski definition) is 1. The number of carbonyl (C=O) groups is 2. The van der Waals surface area contributed by atoms with Crippen LogP contribution in [0.3, 0.4) is 0 Å². The highest BCUT2D eigenvalue weighted by molar-refractivity contribution is 6.31. The summed E-state index contributed by atoms with van der Waals surface area (Å²) >= 11 is 6.27. The van der Waals surface area contributed by atoms with Crippen LogP contribution in [0, 0.1) is 13.8 Å². The number of rotatable bonds is 4. The number of amides is 3. The number of halogens is 1. The van der Waals surface area contributed by atoms with Gasteiger partial charge in [0.1, 0.15) is 0 Å². The molecular weight excluding hydrogens is 390 g/mol. The van der Waals surface area contributed by atoms with Crippen LogP contribution in [0.25, 0.3) is 6.08 Å². The predicted molar refractivity (Wildman–Crippen MR) is 114 cm³/mol. The van der Waals surface area contributed by atoms with Crippen LogP contribution in [0.4, 0.5) is 4.79 Å². The molecule has 0 radical (unpaired) electrons. The fraction of sp³-hybridized carbons (Fsp3) is 0.381. The molecule has 154 valence electrons. The van der Waals surface area contributed by atoms with Gasteiger partial charge in [0.2, 0.25) is 5.91 Å². The van der Waals surface area contributed by atoms with Crippen molar-refractivity contribution in [2.75, 3.05) is 26.2 Å². The maximum absolute atomic E-state index is 12.6. The average Bonchev–Trinajstić information content (AvgIpc) is 2.87. The molecule has 1 aliphatic rings. The first-order chi connectivity index (χ1) is 13.9. The molecule has 3 amide bonds. The summed E-state index contributed by atoms with van der Waals surface area (Å²) in [5, 5.41) is 5.31. The van der Waals surface area contributed by atoms with Gasteiger partial charge in [-0.15, -0.1) is 0 Å². The van der Waals surface area contributed by atoms with Crippen molar-refractivity contribution in [2.45, 2.75) is 26.8 Å². The van der Waals surface area contributed by atoms with Crippen molar-refractivity contribution >= 4 is 29.6 Å². The van der Waals surface area contributed by atoms with Crippen LogP contribution >= 0.6 is 11.6 Å². The molecule has 0 aliphatic carbocycles. The van der Waals surface area contributed by atoms with Crippen molar-refractivity contribution in [1.29, 1.82) is 0 Å². The molecule has 0 bridgehead atoms. The van der Waals surface area contributed by atoms with Crippen molar-refractivity contribution in [3.8, 4) is 0 Å². The van der Waals surface area contributed by atoms with E-state index in [1.54, 1.807) is 15.9 Å². The van der Waals surface area contributed by atoms with Gasteiger partial charge in [-0.25, -0.2) is 4.79 Å². The Bertz CT molecular complexity index is 937. The number of primary amides is 1. The van der Waals surface area contributed by atoms with Gasteiger partial charge in [-0.2, -0.15) is 5.10 Å². The van der Waals surface area contributed by atoms with E-state index in [4.69, 9.17) is 17.3 Å². The molecule has 0 unspecified atom stereocenters. The Morgan fingerprint density at radius 2 is 1.83 bits per heavy atom. The van der Waals surface area contributed by atoms with E-state index in [2.05, 4.69) is 5.10 Å². The molecule has 3 rings (SSSR count). The molecule has 0 spiro atoms. The summed E-state index contributed by atoms with van der Waals surface area (Å²) in [5.41, 5.74) is 9.10. The number of urea groups is 1. The first-order valence-corrected chi connectivity index (χ1v) is 10.0. The van der Waals surface area contributed by atoms with Gasteiger partial charge in [-0.05, 0) is 38.0 Å². The fourth-order valence-corrected chi connectivity index (χ4v) is 3.71. The minimum atomic E-state index is -0.438. The van der Waals surface area contributed by atoms with Gasteiger partial charge >= 0.3 is 6.03 Å². The highest BCUT2D eigenvalue weighted by Crippen LogP contribution is 2.20. The topological polar surface area (TPSA) is 84.5 Å². The predicted octanol–water partition coefficient (Wildman–Crippen LogP) is 2.83. The number of nitrogens with two attached hydrogens (primary N) is 1. The lowest BCUT2D eigenvalue weighted by Crippen LogP contribution is -2.39. The van der Waals surface area contributed by atoms with E-state index in [-0.39, 0.29) is 5.91 Å². The van der Waals surface area contributed by atoms with Gasteiger partial charge in [-0.1, -0.05) is 29.8 Å². The molecule has 1 saturated heterocycles. The second-order valence-electron chi connectivity index (χ2n) is 7.17. The molecule has 2 heterocycles. The molecule has 1 aliphatic heterocycles. The highest BCUT2D eigenvalue weighted by Gasteiger charge is 2.19. The summed E-state index contributed by atoms with van der Waals surface area (Å²) in [6, 6.07) is 7.26. The van der Waals surface area contributed by atoms with E-state index in [9.17, 15) is 9.59 Å². The van der Waals surface area contributed by atoms with E-state index in [1.165, 1.54) is 0 Å². The summed E-state index contributed by atoms with van der Waals surface area (Å²) in [4.78, 5) is 27.3. The number of aromatic nitrogens is 2. The van der Waals surface area contributed by atoms with Crippen molar-refractivity contribution in [1.82, 2.24) is 19.6 Å². The third kappa shape index (κ3) is 4.98. The van der Waals surface area contributed by atoms with Gasteiger partial charge in [0.25, 0.3) is 0 Å². The SMILES string of the molecule is Cc1nn(Cc2ccccc2Cl)c(C)c1C=CC(=O)N1CCCN(C(N)=O)CC1. The van der Waals surface area contributed by atoms with E-state index >= 15 is 0 Å². The summed E-state index contributed by atoms with van der Waals surface area (Å²) in [5.74, 6) is -0.0750. The van der Waals surface area contributed by atoms with Crippen LogP contribution in [0.5, 0.6) is 0 Å². The molecule has 8 heteroatoms. The standard InChI is InChI=1S/C21H26ClN5O2/c1-15-18(16(2)27(24-15)14-17-6-3-4-7-19(17)22)8-9-20(28)25-10-5-11-26(13-12-25)21(23)29/h3-4,6-9H,5,10-14H2,1-2H3,(H2,23,29). The first kappa shape index (κ1) is 20.9. The maximum atomic E-state index is 12.6. The van der Waals surface area contributed by atoms with E-state index in [1.807, 2.05) is 48.9 Å². The van der Waals surface area contributed by atoms with Gasteiger partial charge in [0.15, 0.2) is 0 Å². The van der Waals surface area contributed by atoms with Crippen LogP contribution in [-0.4, -0.2) is 57.7 Å². The van der Waals surface area contributed by atoms with Crippen molar-refractivity contribution in [2.24, 2.45) is 5.73 Å². The quantitative estimate of drug-likeness (QED) is 0.779. The van der Waals surface area contributed by atoms with Gasteiger partial charge in [-0.3, -0.25) is 9.48 Å². The summed E-state index contributed by atoms with van der Waals surface area (Å²) < 4.78 is 1.90. The van der Waals surface area contributed by atoms with Gasteiger partial charge < -0.3 is 15.5 Å². The van der Waals surface area contributed by atoms with E-state index in [0.717, 1.165) is 28.9 Å². The second-order valence-corrected chi connectivity index (χ2v) is 7.58. The zero-order chi connectivity index (χ0) is 21.0. The number of benzene rings is 1. The lowest BCUT2D eigenvalue weighted by Gasteiger charge is -2.19. The average molecular weight is 416 g/mol. The number of nitrogens with zero attached hydrogens (tertiary/aromatic N) is 4. The monoisotopic (exact) mass is 415 g/mol. The zero-order valence-corrected chi connectivity index (χ0v) is 17.5. The molecule has 2 N–H and O–H groups in total. The largest absolute Gasteiger partial charge is 0.351 e. The minimum absolute atomic E-state index is 0.0750. The third-order valence-electron chi connectivity index (χ3n) is 5.23. The third-order valence-corrected chi connectivity index (χ3v) is 5.60. The summed E-state index contributed by atoms with van der Waals surface area (Å²) in [7, 11) is 0. The van der Waals surface area contributed by atoms with Crippen LogP contribution in [0.15, 0.2) is 30.3 Å². The van der Waals surface area contributed by atoms with Crippen molar-refractivity contribution < 1.29 is 9.59 Å². The van der Waals surface area contributed by atoms with Crippen LogP contribution in [0.2, 0.25) is 5.02 Å². The van der Waals surface area contributed by atoms with E-state index in [0.29, 0.717) is 37.7 Å². The normalized spacial score (nSPS) is 15.0. The Morgan fingerprint density at radius 1 is 1.14 bits per heavy atom. The molecular formula is C21H26ClN5O2. The maximum Gasteiger partial charge on any atom is 0.314 e. The van der Waals surface area contributed by atoms with Gasteiger partial charge in [0, 0.05) is 48.5 Å². The Hall–Kier alpha value is -2.80. The first-order valence-electron chi connectivity index (χ1n) is 9.65. The Kier molecular flexibility index (Phi) is 6.59. The molecule has 1 aromatic heterocycles. The minimum Gasteiger partial charge on any atom is -0.351 e. The summed E-state index contributed by atoms with van der Waals surface area (Å²) in [6.07, 6.45) is 4.12. The Labute approximate surface area is 175 Å². The molecule has 0 saturated carbocycles. The molecule has 1 aromatic carbocycles. The molecule has 29 heavy (non-hydrogen) atoms. The fourth-order valence-electron chi connectivity index (χ4n) is 3.51. The second kappa shape index (κ2) is 9.13. The Balaban J connectivity index is 1.70. The summed E-state index contributed by atoms with van der Waals surface area (Å²) in [6.45, 7) is 6.61. The Morgan fingerprint density at radius 3 is 2.55 bits per heavy atom. The molecule has 2 aromatic rings. The number of carbonyl (C=O) groups excluding carboxylic acids is 2. The number of hydrogen-bond acceptors (Lipinski definition) is 3. The van der Waals surface area contributed by atoms with E-state index < -0.39 is 6.03 Å². The smallest absolute Gasteiger partial charge is 0.314 e. The van der Waals surface area contributed by atoms with Crippen molar-refractivity contribution in [3.05, 3.63) is 57.9 Å². The van der Waals surface area contributed by atoms with Crippen molar-refractivity contribution in [3.63, 3.8) is 0 Å². The van der Waals surface area contributed by atoms with Crippen LogP contribution in [-0.2, 0) is 11.3 Å². The lowest BCUT2D eigenvalue weighted by atomic mass is 10.1.